The average molecular weight is 642 g/mol. The molecule has 0 atom stereocenters. The highest BCUT2D eigenvalue weighted by Crippen LogP contribution is 2.37. The van der Waals surface area contributed by atoms with E-state index in [1.807, 2.05) is 42.5 Å². The Labute approximate surface area is 232 Å². The van der Waals surface area contributed by atoms with Crippen molar-refractivity contribution in [2.45, 2.75) is 0 Å². The van der Waals surface area contributed by atoms with Gasteiger partial charge < -0.3 is 14.1 Å². The summed E-state index contributed by atoms with van der Waals surface area (Å²) in [5.41, 5.74) is 5.48. The van der Waals surface area contributed by atoms with E-state index in [2.05, 4.69) is 47.4 Å². The van der Waals surface area contributed by atoms with Crippen LogP contribution in [-0.2, 0) is 0 Å². The van der Waals surface area contributed by atoms with Gasteiger partial charge in [-0.3, -0.25) is 4.79 Å². The van der Waals surface area contributed by atoms with Crippen LogP contribution < -0.4 is 10.2 Å². The van der Waals surface area contributed by atoms with Crippen LogP contribution in [0.1, 0.15) is 26.6 Å². The van der Waals surface area contributed by atoms with Crippen LogP contribution in [0.3, 0.4) is 0 Å². The maximum Gasteiger partial charge on any atom is 0.379 e. The lowest BCUT2D eigenvalue weighted by molar-refractivity contribution is 0.0699. The zero-order valence-corrected chi connectivity index (χ0v) is 22.7. The second kappa shape index (κ2) is 10.8. The Morgan fingerprint density at radius 3 is 2.59 bits per heavy atom. The molecule has 0 aliphatic carbocycles. The van der Waals surface area contributed by atoms with Crippen LogP contribution in [-0.4, -0.2) is 23.1 Å². The number of H-pyrrole nitrogens is 1. The predicted octanol–water partition coefficient (Wildman–Crippen LogP) is 7.59. The Kier molecular flexibility index (Phi) is 7.27. The van der Waals surface area contributed by atoms with Crippen LogP contribution in [0.25, 0.3) is 22.0 Å². The number of nitrogens with zero attached hydrogens (tertiary/aromatic N) is 1. The highest BCUT2D eigenvalue weighted by atomic mass is 79.9. The normalized spacial score (nSPS) is 11.2. The van der Waals surface area contributed by atoms with Crippen molar-refractivity contribution in [1.82, 2.24) is 10.4 Å². The van der Waals surface area contributed by atoms with Crippen molar-refractivity contribution >= 4 is 72.5 Å². The molecule has 0 bridgehead atoms. The number of hydrogen-bond acceptors (Lipinski definition) is 5. The molecule has 37 heavy (non-hydrogen) atoms. The lowest BCUT2D eigenvalue weighted by Gasteiger charge is -2.10. The second-order valence-corrected chi connectivity index (χ2v) is 9.95. The molecule has 0 unspecified atom stereocenters. The van der Waals surface area contributed by atoms with Crippen molar-refractivity contribution in [3.63, 3.8) is 0 Å². The fraction of sp³-hybridized carbons (Fsp3) is 0. The SMILES string of the molecule is O=C(Oc1c(Br)cc(Br)cc1C=NNC(=O)c1[nH]c2ccccc2c1-c1ccccc1Cl)c1ccco1. The predicted molar refractivity (Wildman–Crippen MR) is 149 cm³/mol. The molecule has 0 spiro atoms. The number of aromatic amines is 1. The fourth-order valence-corrected chi connectivity index (χ4v) is 5.36. The van der Waals surface area contributed by atoms with Crippen molar-refractivity contribution in [3.8, 4) is 16.9 Å². The van der Waals surface area contributed by atoms with Gasteiger partial charge in [-0.05, 0) is 52.3 Å². The third kappa shape index (κ3) is 5.24. The summed E-state index contributed by atoms with van der Waals surface area (Å²) >= 11 is 13.3. The quantitative estimate of drug-likeness (QED) is 0.0865. The van der Waals surface area contributed by atoms with Gasteiger partial charge >= 0.3 is 5.97 Å². The van der Waals surface area contributed by atoms with Gasteiger partial charge in [-0.1, -0.05) is 63.9 Å². The van der Waals surface area contributed by atoms with E-state index in [0.29, 0.717) is 30.8 Å². The summed E-state index contributed by atoms with van der Waals surface area (Å²) in [6.45, 7) is 0. The van der Waals surface area contributed by atoms with Gasteiger partial charge in [0.2, 0.25) is 5.76 Å². The first-order chi connectivity index (χ1) is 17.9. The topological polar surface area (TPSA) is 96.7 Å². The summed E-state index contributed by atoms with van der Waals surface area (Å²) < 4.78 is 11.8. The zero-order chi connectivity index (χ0) is 25.9. The minimum atomic E-state index is -0.672. The van der Waals surface area contributed by atoms with Crippen LogP contribution in [0.5, 0.6) is 5.75 Å². The van der Waals surface area contributed by atoms with E-state index < -0.39 is 11.9 Å². The number of hydrazone groups is 1. The minimum Gasteiger partial charge on any atom is -0.457 e. The molecular weight excluding hydrogens is 626 g/mol. The number of amides is 1. The number of nitrogens with one attached hydrogen (secondary N) is 2. The van der Waals surface area contributed by atoms with Crippen molar-refractivity contribution in [3.05, 3.63) is 110 Å². The van der Waals surface area contributed by atoms with Gasteiger partial charge in [0.15, 0.2) is 5.75 Å². The van der Waals surface area contributed by atoms with Gasteiger partial charge in [0.05, 0.1) is 17.0 Å². The summed E-state index contributed by atoms with van der Waals surface area (Å²) in [6, 6.07) is 21.4. The number of ether oxygens (including phenoxy) is 1. The molecular formula is C27H16Br2ClN3O4. The molecule has 0 aliphatic rings. The summed E-state index contributed by atoms with van der Waals surface area (Å²) in [7, 11) is 0. The summed E-state index contributed by atoms with van der Waals surface area (Å²) in [5, 5.41) is 5.50. The van der Waals surface area contributed by atoms with Gasteiger partial charge in [0.25, 0.3) is 5.91 Å². The van der Waals surface area contributed by atoms with Crippen LogP contribution in [0.4, 0.5) is 0 Å². The number of aromatic nitrogens is 1. The molecule has 0 radical (unpaired) electrons. The van der Waals surface area contributed by atoms with Crippen LogP contribution in [0.2, 0.25) is 5.02 Å². The summed E-state index contributed by atoms with van der Waals surface area (Å²) in [4.78, 5) is 28.9. The molecule has 3 aromatic carbocycles. The monoisotopic (exact) mass is 639 g/mol. The third-order valence-electron chi connectivity index (χ3n) is 5.40. The van der Waals surface area contributed by atoms with Crippen molar-refractivity contribution in [2.75, 3.05) is 0 Å². The first-order valence-corrected chi connectivity index (χ1v) is 12.8. The standard InChI is InChI=1S/C27H16Br2ClN3O4/c28-16-12-15(25(19(29)13-16)37-27(35)22-10-5-11-36-22)14-31-33-26(34)24-23(17-6-1-3-8-20(17)30)18-7-2-4-9-21(18)32-24/h1-14,32H,(H,33,34). The highest BCUT2D eigenvalue weighted by molar-refractivity contribution is 9.11. The number of carbonyl (C=O) groups is 2. The summed E-state index contributed by atoms with van der Waals surface area (Å²) in [5.74, 6) is -0.874. The number of halogens is 3. The van der Waals surface area contributed by atoms with E-state index in [9.17, 15) is 9.59 Å². The molecule has 184 valence electrons. The van der Waals surface area contributed by atoms with E-state index in [0.717, 1.165) is 16.5 Å². The number of furan rings is 1. The van der Waals surface area contributed by atoms with E-state index >= 15 is 0 Å². The maximum atomic E-state index is 13.2. The maximum absolute atomic E-state index is 13.2. The van der Waals surface area contributed by atoms with E-state index in [1.54, 1.807) is 24.3 Å². The number of rotatable bonds is 6. The number of hydrogen-bond donors (Lipinski definition) is 2. The zero-order valence-electron chi connectivity index (χ0n) is 18.8. The van der Waals surface area contributed by atoms with Gasteiger partial charge in [-0.2, -0.15) is 5.10 Å². The third-order valence-corrected chi connectivity index (χ3v) is 6.78. The van der Waals surface area contributed by atoms with E-state index in [1.165, 1.54) is 18.5 Å². The molecule has 1 amide bonds. The van der Waals surface area contributed by atoms with Gasteiger partial charge in [-0.15, -0.1) is 0 Å². The van der Waals surface area contributed by atoms with Crippen molar-refractivity contribution < 1.29 is 18.7 Å². The smallest absolute Gasteiger partial charge is 0.379 e. The summed E-state index contributed by atoms with van der Waals surface area (Å²) in [6.07, 6.45) is 2.77. The second-order valence-electron chi connectivity index (χ2n) is 7.77. The van der Waals surface area contributed by atoms with Gasteiger partial charge in [-0.25, -0.2) is 10.2 Å². The molecule has 5 rings (SSSR count). The molecule has 7 nitrogen and oxygen atoms in total. The number of benzene rings is 3. The number of para-hydroxylation sites is 1. The molecule has 10 heteroatoms. The van der Waals surface area contributed by atoms with E-state index in [-0.39, 0.29) is 11.5 Å². The first-order valence-electron chi connectivity index (χ1n) is 10.9. The molecule has 0 saturated carbocycles. The Morgan fingerprint density at radius 2 is 1.81 bits per heavy atom. The lowest BCUT2D eigenvalue weighted by atomic mass is 10.0. The number of carbonyl (C=O) groups excluding carboxylic acids is 2. The average Bonchev–Trinajstić information content (AvgIpc) is 3.55. The van der Waals surface area contributed by atoms with E-state index in [4.69, 9.17) is 20.8 Å². The van der Waals surface area contributed by atoms with Crippen LogP contribution in [0.15, 0.2) is 97.5 Å². The molecule has 2 aromatic heterocycles. The largest absolute Gasteiger partial charge is 0.457 e. The molecule has 0 saturated heterocycles. The number of esters is 1. The fourth-order valence-electron chi connectivity index (χ4n) is 3.79. The molecule has 2 N–H and O–H groups in total. The molecule has 5 aromatic rings. The molecule has 0 aliphatic heterocycles. The Morgan fingerprint density at radius 1 is 1.03 bits per heavy atom. The first kappa shape index (κ1) is 25.0. The molecule has 2 heterocycles. The van der Waals surface area contributed by atoms with Crippen molar-refractivity contribution in [2.24, 2.45) is 5.10 Å². The van der Waals surface area contributed by atoms with Crippen molar-refractivity contribution in [1.29, 1.82) is 0 Å². The van der Waals surface area contributed by atoms with Crippen LogP contribution >= 0.6 is 43.5 Å². The van der Waals surface area contributed by atoms with Crippen LogP contribution in [0, 0.1) is 0 Å². The Bertz CT molecular complexity index is 1660. The lowest BCUT2D eigenvalue weighted by Crippen LogP contribution is -2.19. The van der Waals surface area contributed by atoms with Gasteiger partial charge in [0.1, 0.15) is 5.69 Å². The minimum absolute atomic E-state index is 0.0527. The Balaban J connectivity index is 1.45. The van der Waals surface area contributed by atoms with Gasteiger partial charge in [0, 0.05) is 37.1 Å². The highest BCUT2D eigenvalue weighted by Gasteiger charge is 2.21. The molecule has 0 fully saturated rings. The Hall–Kier alpha value is -3.66. The number of fused-ring (bicyclic) bond motifs is 1.